The van der Waals surface area contributed by atoms with Gasteiger partial charge in [0.2, 0.25) is 0 Å². The Bertz CT molecular complexity index is 363. The molecule has 0 amide bonds. The highest BCUT2D eigenvalue weighted by atomic mass is 32.1. The Balaban J connectivity index is 2.08. The highest BCUT2D eigenvalue weighted by molar-refractivity contribution is 7.12. The molecule has 0 fully saturated rings. The smallest absolute Gasteiger partial charge is 0.0672 e. The van der Waals surface area contributed by atoms with Crippen molar-refractivity contribution in [2.45, 2.75) is 65.0 Å². The molecular weight excluding hydrogens is 254 g/mol. The fourth-order valence-electron chi connectivity index (χ4n) is 2.64. The summed E-state index contributed by atoms with van der Waals surface area (Å²) in [6.07, 6.45) is 6.97. The highest BCUT2D eigenvalue weighted by Gasteiger charge is 2.18. The number of fused-ring (bicyclic) bond motifs is 1. The van der Waals surface area contributed by atoms with Crippen molar-refractivity contribution >= 4 is 11.3 Å². The van der Waals surface area contributed by atoms with E-state index in [0.717, 1.165) is 13.2 Å². The van der Waals surface area contributed by atoms with Crippen LogP contribution in [0.3, 0.4) is 0 Å². The van der Waals surface area contributed by atoms with Gasteiger partial charge in [-0.15, -0.1) is 11.3 Å². The van der Waals surface area contributed by atoms with E-state index in [4.69, 9.17) is 4.74 Å². The number of aryl methyl sites for hydroxylation is 2. The van der Waals surface area contributed by atoms with Gasteiger partial charge in [0, 0.05) is 9.75 Å². The van der Waals surface area contributed by atoms with Crippen molar-refractivity contribution in [1.29, 1.82) is 0 Å². The van der Waals surface area contributed by atoms with Crippen LogP contribution in [-0.4, -0.2) is 19.3 Å². The highest BCUT2D eigenvalue weighted by Crippen LogP contribution is 2.32. The van der Waals surface area contributed by atoms with Crippen LogP contribution in [0.4, 0.5) is 0 Å². The molecule has 1 unspecified atom stereocenters. The van der Waals surface area contributed by atoms with Crippen molar-refractivity contribution in [3.8, 4) is 0 Å². The number of likely N-dealkylation sites (N-methyl/N-ethyl adjacent to an activating group) is 1. The monoisotopic (exact) mass is 281 g/mol. The molecule has 1 atom stereocenters. The van der Waals surface area contributed by atoms with Crippen LogP contribution in [0, 0.1) is 0 Å². The number of ether oxygens (including phenoxy) is 1. The van der Waals surface area contributed by atoms with E-state index in [0.29, 0.717) is 12.1 Å². The standard InChI is InChI=1S/C16H27NOS/c1-4-17-14(11-18-12(2)3)16-10-13-8-6-5-7-9-15(13)19-16/h10,12,14,17H,4-9,11H2,1-3H3. The Morgan fingerprint density at radius 3 is 2.79 bits per heavy atom. The molecular formula is C16H27NOS. The summed E-state index contributed by atoms with van der Waals surface area (Å²) in [6.45, 7) is 8.15. The van der Waals surface area contributed by atoms with Gasteiger partial charge in [0.05, 0.1) is 18.8 Å². The van der Waals surface area contributed by atoms with Gasteiger partial charge in [0.15, 0.2) is 0 Å². The largest absolute Gasteiger partial charge is 0.377 e. The fraction of sp³-hybridized carbons (Fsp3) is 0.750. The van der Waals surface area contributed by atoms with Gasteiger partial charge in [-0.2, -0.15) is 0 Å². The van der Waals surface area contributed by atoms with Crippen LogP contribution in [0.1, 0.15) is 61.4 Å². The molecule has 0 aliphatic heterocycles. The maximum absolute atomic E-state index is 5.81. The summed E-state index contributed by atoms with van der Waals surface area (Å²) in [5.41, 5.74) is 1.60. The number of hydrogen-bond acceptors (Lipinski definition) is 3. The summed E-state index contributed by atoms with van der Waals surface area (Å²) in [7, 11) is 0. The second-order valence-electron chi connectivity index (χ2n) is 5.65. The van der Waals surface area contributed by atoms with Gasteiger partial charge in [-0.25, -0.2) is 0 Å². The van der Waals surface area contributed by atoms with Crippen LogP contribution in [0.2, 0.25) is 0 Å². The minimum absolute atomic E-state index is 0.305. The molecule has 0 saturated carbocycles. The summed E-state index contributed by atoms with van der Waals surface area (Å²) in [6, 6.07) is 2.80. The molecule has 0 radical (unpaired) electrons. The van der Waals surface area contributed by atoms with Crippen LogP contribution in [0.5, 0.6) is 0 Å². The summed E-state index contributed by atoms with van der Waals surface area (Å²) >= 11 is 2.01. The van der Waals surface area contributed by atoms with E-state index in [1.165, 1.54) is 37.0 Å². The summed E-state index contributed by atoms with van der Waals surface area (Å²) < 4.78 is 5.81. The zero-order valence-electron chi connectivity index (χ0n) is 12.5. The van der Waals surface area contributed by atoms with E-state index < -0.39 is 0 Å². The third-order valence-electron chi connectivity index (χ3n) is 3.66. The molecule has 2 rings (SSSR count). The van der Waals surface area contributed by atoms with E-state index in [9.17, 15) is 0 Å². The Morgan fingerprint density at radius 2 is 2.05 bits per heavy atom. The first-order valence-electron chi connectivity index (χ1n) is 7.67. The average molecular weight is 281 g/mol. The van der Waals surface area contributed by atoms with Gasteiger partial charge >= 0.3 is 0 Å². The van der Waals surface area contributed by atoms with Crippen LogP contribution in [0.15, 0.2) is 6.07 Å². The second-order valence-corrected chi connectivity index (χ2v) is 6.82. The SMILES string of the molecule is CCNC(COC(C)C)c1cc2c(s1)CCCCC2. The van der Waals surface area contributed by atoms with Gasteiger partial charge < -0.3 is 10.1 Å². The Labute approximate surface area is 121 Å². The zero-order valence-corrected chi connectivity index (χ0v) is 13.3. The lowest BCUT2D eigenvalue weighted by atomic mass is 10.1. The molecule has 1 N–H and O–H groups in total. The van der Waals surface area contributed by atoms with Crippen molar-refractivity contribution in [3.05, 3.63) is 21.4 Å². The van der Waals surface area contributed by atoms with Crippen molar-refractivity contribution in [2.75, 3.05) is 13.2 Å². The topological polar surface area (TPSA) is 21.3 Å². The Morgan fingerprint density at radius 1 is 1.26 bits per heavy atom. The molecule has 1 aromatic rings. The average Bonchev–Trinajstić information content (AvgIpc) is 2.65. The van der Waals surface area contributed by atoms with Gasteiger partial charge in [0.25, 0.3) is 0 Å². The molecule has 0 saturated heterocycles. The minimum atomic E-state index is 0.305. The summed E-state index contributed by atoms with van der Waals surface area (Å²) in [4.78, 5) is 3.09. The molecule has 0 bridgehead atoms. The molecule has 0 aromatic carbocycles. The van der Waals surface area contributed by atoms with Crippen LogP contribution >= 0.6 is 11.3 Å². The lowest BCUT2D eigenvalue weighted by molar-refractivity contribution is 0.0621. The van der Waals surface area contributed by atoms with Crippen LogP contribution in [0.25, 0.3) is 0 Å². The number of thiophene rings is 1. The maximum atomic E-state index is 5.81. The number of rotatable bonds is 6. The van der Waals surface area contributed by atoms with Crippen LogP contribution in [-0.2, 0) is 17.6 Å². The Hall–Kier alpha value is -0.380. The fourth-order valence-corrected chi connectivity index (χ4v) is 3.96. The van der Waals surface area contributed by atoms with Gasteiger partial charge in [-0.3, -0.25) is 0 Å². The van der Waals surface area contributed by atoms with E-state index in [-0.39, 0.29) is 0 Å². The normalized spacial score (nSPS) is 17.3. The zero-order chi connectivity index (χ0) is 13.7. The molecule has 0 spiro atoms. The van der Waals surface area contributed by atoms with E-state index in [1.54, 1.807) is 10.4 Å². The van der Waals surface area contributed by atoms with Gasteiger partial charge in [-0.05, 0) is 57.7 Å². The third kappa shape index (κ3) is 4.30. The number of nitrogens with one attached hydrogen (secondary N) is 1. The van der Waals surface area contributed by atoms with Crippen molar-refractivity contribution in [1.82, 2.24) is 5.32 Å². The van der Waals surface area contributed by atoms with Gasteiger partial charge in [0.1, 0.15) is 0 Å². The molecule has 1 aliphatic rings. The first-order chi connectivity index (χ1) is 9.20. The summed E-state index contributed by atoms with van der Waals surface area (Å²) in [5.74, 6) is 0. The molecule has 108 valence electrons. The van der Waals surface area contributed by atoms with Crippen molar-refractivity contribution < 1.29 is 4.74 Å². The predicted octanol–water partition coefficient (Wildman–Crippen LogP) is 4.09. The van der Waals surface area contributed by atoms with Crippen molar-refractivity contribution in [2.24, 2.45) is 0 Å². The molecule has 3 heteroatoms. The molecule has 1 aliphatic carbocycles. The molecule has 1 aromatic heterocycles. The van der Waals surface area contributed by atoms with Gasteiger partial charge in [-0.1, -0.05) is 13.3 Å². The quantitative estimate of drug-likeness (QED) is 0.793. The molecule has 1 heterocycles. The third-order valence-corrected chi connectivity index (χ3v) is 5.01. The first-order valence-corrected chi connectivity index (χ1v) is 8.48. The maximum Gasteiger partial charge on any atom is 0.0672 e. The molecule has 19 heavy (non-hydrogen) atoms. The second kappa shape index (κ2) is 7.41. The lowest BCUT2D eigenvalue weighted by Crippen LogP contribution is -2.25. The number of hydrogen-bond donors (Lipinski definition) is 1. The lowest BCUT2D eigenvalue weighted by Gasteiger charge is -2.18. The summed E-state index contributed by atoms with van der Waals surface area (Å²) in [5, 5.41) is 3.56. The van der Waals surface area contributed by atoms with Crippen molar-refractivity contribution in [3.63, 3.8) is 0 Å². The van der Waals surface area contributed by atoms with E-state index >= 15 is 0 Å². The van der Waals surface area contributed by atoms with E-state index in [2.05, 4.69) is 32.2 Å². The minimum Gasteiger partial charge on any atom is -0.377 e. The molecule has 2 nitrogen and oxygen atoms in total. The van der Waals surface area contributed by atoms with Crippen LogP contribution < -0.4 is 5.32 Å². The van der Waals surface area contributed by atoms with E-state index in [1.807, 2.05) is 11.3 Å². The Kier molecular flexibility index (Phi) is 5.86. The first kappa shape index (κ1) is 15.0. The predicted molar refractivity (Wildman–Crippen MR) is 83.1 cm³/mol.